The van der Waals surface area contributed by atoms with Crippen LogP contribution in [0.3, 0.4) is 0 Å². The lowest BCUT2D eigenvalue weighted by Crippen LogP contribution is -2.02. The van der Waals surface area contributed by atoms with Crippen LogP contribution < -0.4 is 5.73 Å². The van der Waals surface area contributed by atoms with Crippen LogP contribution in [0.1, 0.15) is 11.4 Å². The Morgan fingerprint density at radius 3 is 2.72 bits per heavy atom. The maximum absolute atomic E-state index is 5.69. The summed E-state index contributed by atoms with van der Waals surface area (Å²) in [5, 5.41) is 0. The van der Waals surface area contributed by atoms with Crippen molar-refractivity contribution >= 4 is 16.7 Å². The Morgan fingerprint density at radius 1 is 1.17 bits per heavy atom. The minimum Gasteiger partial charge on any atom is -0.399 e. The van der Waals surface area contributed by atoms with Gasteiger partial charge in [0.15, 0.2) is 0 Å². The first kappa shape index (κ1) is 10.8. The number of benzene rings is 1. The van der Waals surface area contributed by atoms with Crippen LogP contribution in [-0.2, 0) is 6.54 Å². The molecule has 0 radical (unpaired) electrons. The first-order valence-corrected chi connectivity index (χ1v) is 5.85. The fraction of sp³-hybridized carbons (Fsp3) is 0.143. The van der Waals surface area contributed by atoms with E-state index >= 15 is 0 Å². The number of aryl methyl sites for hydroxylation is 1. The molecule has 2 N–H and O–H groups in total. The summed E-state index contributed by atoms with van der Waals surface area (Å²) >= 11 is 0. The van der Waals surface area contributed by atoms with E-state index in [1.807, 2.05) is 37.3 Å². The third-order valence-corrected chi connectivity index (χ3v) is 3.06. The standard InChI is InChI=1S/C14H14N4/c1-10-17-13-8-16-7-6-14(13)18(10)9-11-2-4-12(15)5-3-11/h2-8H,9,15H2,1H3. The van der Waals surface area contributed by atoms with Crippen molar-refractivity contribution in [2.45, 2.75) is 13.5 Å². The van der Waals surface area contributed by atoms with Crippen molar-refractivity contribution in [3.05, 3.63) is 54.1 Å². The first-order valence-electron chi connectivity index (χ1n) is 5.85. The summed E-state index contributed by atoms with van der Waals surface area (Å²) in [7, 11) is 0. The van der Waals surface area contributed by atoms with Crippen molar-refractivity contribution in [3.8, 4) is 0 Å². The molecule has 4 nitrogen and oxygen atoms in total. The van der Waals surface area contributed by atoms with E-state index in [4.69, 9.17) is 5.73 Å². The van der Waals surface area contributed by atoms with Gasteiger partial charge in [0.2, 0.25) is 0 Å². The smallest absolute Gasteiger partial charge is 0.107 e. The van der Waals surface area contributed by atoms with E-state index in [1.165, 1.54) is 5.56 Å². The third kappa shape index (κ3) is 1.82. The molecule has 4 heteroatoms. The lowest BCUT2D eigenvalue weighted by molar-refractivity contribution is 0.786. The molecule has 90 valence electrons. The molecule has 0 saturated heterocycles. The number of nitrogens with zero attached hydrogens (tertiary/aromatic N) is 3. The second-order valence-corrected chi connectivity index (χ2v) is 4.35. The van der Waals surface area contributed by atoms with Gasteiger partial charge in [0.1, 0.15) is 11.3 Å². The molecule has 0 unspecified atom stereocenters. The maximum atomic E-state index is 5.69. The Balaban J connectivity index is 2.04. The van der Waals surface area contributed by atoms with Crippen LogP contribution in [0.25, 0.3) is 11.0 Å². The normalized spacial score (nSPS) is 10.9. The van der Waals surface area contributed by atoms with Gasteiger partial charge in [-0.2, -0.15) is 0 Å². The first-order chi connectivity index (χ1) is 8.74. The highest BCUT2D eigenvalue weighted by Crippen LogP contribution is 2.16. The maximum Gasteiger partial charge on any atom is 0.107 e. The second kappa shape index (κ2) is 4.14. The Kier molecular flexibility index (Phi) is 2.48. The predicted molar refractivity (Wildman–Crippen MR) is 72.2 cm³/mol. The van der Waals surface area contributed by atoms with E-state index in [1.54, 1.807) is 12.4 Å². The molecule has 0 aliphatic rings. The molecule has 0 atom stereocenters. The Labute approximate surface area is 105 Å². The highest BCUT2D eigenvalue weighted by atomic mass is 15.1. The number of aromatic nitrogens is 3. The summed E-state index contributed by atoms with van der Waals surface area (Å²) in [6.45, 7) is 2.81. The van der Waals surface area contributed by atoms with Crippen molar-refractivity contribution in [3.63, 3.8) is 0 Å². The number of anilines is 1. The summed E-state index contributed by atoms with van der Waals surface area (Å²) in [6.07, 6.45) is 3.59. The lowest BCUT2D eigenvalue weighted by Gasteiger charge is -2.07. The van der Waals surface area contributed by atoms with Crippen LogP contribution in [0, 0.1) is 6.92 Å². The van der Waals surface area contributed by atoms with Gasteiger partial charge in [-0.1, -0.05) is 12.1 Å². The van der Waals surface area contributed by atoms with Gasteiger partial charge < -0.3 is 10.3 Å². The quantitative estimate of drug-likeness (QED) is 0.697. The van der Waals surface area contributed by atoms with Crippen molar-refractivity contribution in [1.29, 1.82) is 0 Å². The van der Waals surface area contributed by atoms with Crippen molar-refractivity contribution in [2.75, 3.05) is 5.73 Å². The zero-order valence-corrected chi connectivity index (χ0v) is 10.2. The Hall–Kier alpha value is -2.36. The molecule has 2 heterocycles. The lowest BCUT2D eigenvalue weighted by atomic mass is 10.2. The van der Waals surface area contributed by atoms with Crippen LogP contribution in [-0.4, -0.2) is 14.5 Å². The van der Waals surface area contributed by atoms with Crippen LogP contribution in [0.2, 0.25) is 0 Å². The predicted octanol–water partition coefficient (Wildman–Crippen LogP) is 2.37. The van der Waals surface area contributed by atoms with E-state index in [2.05, 4.69) is 14.5 Å². The molecule has 0 spiro atoms. The minimum absolute atomic E-state index is 0.787. The van der Waals surface area contributed by atoms with Gasteiger partial charge >= 0.3 is 0 Å². The van der Waals surface area contributed by atoms with E-state index < -0.39 is 0 Å². The van der Waals surface area contributed by atoms with Gasteiger partial charge in [-0.15, -0.1) is 0 Å². The number of nitrogen functional groups attached to an aromatic ring is 1. The number of rotatable bonds is 2. The van der Waals surface area contributed by atoms with Crippen LogP contribution in [0.15, 0.2) is 42.7 Å². The van der Waals surface area contributed by atoms with Gasteiger partial charge in [0, 0.05) is 18.4 Å². The average Bonchev–Trinajstić information content (AvgIpc) is 2.69. The van der Waals surface area contributed by atoms with Gasteiger partial charge in [-0.25, -0.2) is 4.98 Å². The molecule has 1 aromatic carbocycles. The number of hydrogen-bond donors (Lipinski definition) is 1. The molecule has 0 aliphatic heterocycles. The monoisotopic (exact) mass is 238 g/mol. The second-order valence-electron chi connectivity index (χ2n) is 4.35. The van der Waals surface area contributed by atoms with Crippen LogP contribution >= 0.6 is 0 Å². The van der Waals surface area contributed by atoms with Crippen LogP contribution in [0.5, 0.6) is 0 Å². The Morgan fingerprint density at radius 2 is 1.94 bits per heavy atom. The van der Waals surface area contributed by atoms with Gasteiger partial charge in [0.05, 0.1) is 11.7 Å². The van der Waals surface area contributed by atoms with E-state index in [-0.39, 0.29) is 0 Å². The van der Waals surface area contributed by atoms with Crippen molar-refractivity contribution in [1.82, 2.24) is 14.5 Å². The summed E-state index contributed by atoms with van der Waals surface area (Å²) < 4.78 is 2.18. The molecular weight excluding hydrogens is 224 g/mol. The highest BCUT2D eigenvalue weighted by molar-refractivity contribution is 5.74. The molecule has 3 aromatic rings. The zero-order valence-electron chi connectivity index (χ0n) is 10.2. The molecule has 2 aromatic heterocycles. The van der Waals surface area contributed by atoms with Gasteiger partial charge in [-0.3, -0.25) is 4.98 Å². The molecule has 0 fully saturated rings. The average molecular weight is 238 g/mol. The number of nitrogens with two attached hydrogens (primary N) is 1. The summed E-state index contributed by atoms with van der Waals surface area (Å²) in [6, 6.07) is 9.92. The number of fused-ring (bicyclic) bond motifs is 1. The van der Waals surface area contributed by atoms with Crippen molar-refractivity contribution in [2.24, 2.45) is 0 Å². The zero-order chi connectivity index (χ0) is 12.5. The number of pyridine rings is 1. The summed E-state index contributed by atoms with van der Waals surface area (Å²) in [4.78, 5) is 8.60. The topological polar surface area (TPSA) is 56.7 Å². The molecule has 3 rings (SSSR count). The van der Waals surface area contributed by atoms with E-state index in [9.17, 15) is 0 Å². The van der Waals surface area contributed by atoms with Crippen molar-refractivity contribution < 1.29 is 0 Å². The van der Waals surface area contributed by atoms with Gasteiger partial charge in [-0.05, 0) is 30.7 Å². The number of imidazole rings is 1. The molecule has 18 heavy (non-hydrogen) atoms. The largest absolute Gasteiger partial charge is 0.399 e. The van der Waals surface area contributed by atoms with Gasteiger partial charge in [0.25, 0.3) is 0 Å². The minimum atomic E-state index is 0.787. The fourth-order valence-corrected chi connectivity index (χ4v) is 2.11. The summed E-state index contributed by atoms with van der Waals surface area (Å²) in [5.74, 6) is 0.995. The van der Waals surface area contributed by atoms with E-state index in [0.29, 0.717) is 0 Å². The third-order valence-electron chi connectivity index (χ3n) is 3.06. The SMILES string of the molecule is Cc1nc2cnccc2n1Cc1ccc(N)cc1. The Bertz CT molecular complexity index is 683. The van der Waals surface area contributed by atoms with Crippen LogP contribution in [0.4, 0.5) is 5.69 Å². The van der Waals surface area contributed by atoms with E-state index in [0.717, 1.165) is 29.1 Å². The molecular formula is C14H14N4. The molecule has 0 amide bonds. The molecule has 0 saturated carbocycles. The summed E-state index contributed by atoms with van der Waals surface area (Å²) in [5.41, 5.74) is 9.74. The molecule has 0 bridgehead atoms. The number of hydrogen-bond acceptors (Lipinski definition) is 3. The molecule has 0 aliphatic carbocycles. The highest BCUT2D eigenvalue weighted by Gasteiger charge is 2.07. The fourth-order valence-electron chi connectivity index (χ4n) is 2.11.